The Morgan fingerprint density at radius 1 is 1.00 bits per heavy atom. The minimum atomic E-state index is -4.48. The predicted molar refractivity (Wildman–Crippen MR) is 129 cm³/mol. The summed E-state index contributed by atoms with van der Waals surface area (Å²) in [5, 5.41) is 0. The number of para-hydroxylation sites is 2. The van der Waals surface area contributed by atoms with Crippen molar-refractivity contribution in [2.45, 2.75) is 25.1 Å². The van der Waals surface area contributed by atoms with Crippen LogP contribution in [0.2, 0.25) is 0 Å². The van der Waals surface area contributed by atoms with Crippen molar-refractivity contribution in [2.24, 2.45) is 0 Å². The summed E-state index contributed by atoms with van der Waals surface area (Å²) in [4.78, 5) is 19.1. The number of nitrogens with zero attached hydrogens (tertiary/aromatic N) is 3. The number of amides is 1. The second kappa shape index (κ2) is 9.56. The number of anilines is 1. The minimum absolute atomic E-state index is 0.166. The standard InChI is InChI=1S/C27H24F3N3O3/c1-35-21-9-11-22(12-10-21)36-14-13-32-24-8-3-2-7-23(24)31-26(32)18-15-25(34)33(17-18)20-6-4-5-19(16-20)27(28,29)30/h2-12,16,18H,13-15,17H2,1H3/t18-/m1/s1. The molecule has 5 rings (SSSR count). The highest BCUT2D eigenvalue weighted by Crippen LogP contribution is 2.36. The summed E-state index contributed by atoms with van der Waals surface area (Å²) in [5.74, 6) is 1.67. The van der Waals surface area contributed by atoms with Crippen LogP contribution in [0.15, 0.2) is 72.8 Å². The van der Waals surface area contributed by atoms with E-state index in [0.717, 1.165) is 34.7 Å². The molecule has 0 bridgehead atoms. The SMILES string of the molecule is COc1ccc(OCCn2c([C@@H]3CC(=O)N(c4cccc(C(F)(F)F)c4)C3)nc3ccccc32)cc1. The molecule has 6 nitrogen and oxygen atoms in total. The zero-order valence-electron chi connectivity index (χ0n) is 19.5. The van der Waals surface area contributed by atoms with E-state index in [2.05, 4.69) is 0 Å². The normalized spacial score (nSPS) is 16.1. The van der Waals surface area contributed by atoms with Crippen molar-refractivity contribution < 1.29 is 27.4 Å². The fourth-order valence-electron chi connectivity index (χ4n) is 4.55. The molecule has 1 aromatic heterocycles. The fourth-order valence-corrected chi connectivity index (χ4v) is 4.55. The number of hydrogen-bond acceptors (Lipinski definition) is 4. The third-order valence-corrected chi connectivity index (χ3v) is 6.30. The van der Waals surface area contributed by atoms with E-state index < -0.39 is 11.7 Å². The van der Waals surface area contributed by atoms with Gasteiger partial charge in [0.25, 0.3) is 0 Å². The Hall–Kier alpha value is -4.01. The summed E-state index contributed by atoms with van der Waals surface area (Å²) < 4.78 is 52.7. The number of imidazole rings is 1. The van der Waals surface area contributed by atoms with Gasteiger partial charge >= 0.3 is 6.18 Å². The van der Waals surface area contributed by atoms with Crippen LogP contribution >= 0.6 is 0 Å². The summed E-state index contributed by atoms with van der Waals surface area (Å²) in [6, 6.07) is 19.8. The van der Waals surface area contributed by atoms with Crippen LogP contribution in [0, 0.1) is 0 Å². The van der Waals surface area contributed by atoms with Crippen LogP contribution in [0.1, 0.15) is 23.7 Å². The first-order chi connectivity index (χ1) is 17.3. The van der Waals surface area contributed by atoms with Gasteiger partial charge in [-0.2, -0.15) is 13.2 Å². The molecule has 1 saturated heterocycles. The van der Waals surface area contributed by atoms with E-state index in [1.807, 2.05) is 53.1 Å². The lowest BCUT2D eigenvalue weighted by molar-refractivity contribution is -0.137. The van der Waals surface area contributed by atoms with E-state index in [1.165, 1.54) is 17.0 Å². The zero-order chi connectivity index (χ0) is 25.3. The maximum atomic E-state index is 13.2. The van der Waals surface area contributed by atoms with Crippen molar-refractivity contribution in [1.29, 1.82) is 0 Å². The smallest absolute Gasteiger partial charge is 0.416 e. The van der Waals surface area contributed by atoms with Crippen molar-refractivity contribution in [1.82, 2.24) is 9.55 Å². The highest BCUT2D eigenvalue weighted by molar-refractivity contribution is 5.96. The van der Waals surface area contributed by atoms with E-state index in [1.54, 1.807) is 7.11 Å². The molecule has 0 saturated carbocycles. The Balaban J connectivity index is 1.38. The van der Waals surface area contributed by atoms with Gasteiger partial charge in [0, 0.05) is 24.6 Å². The van der Waals surface area contributed by atoms with Crippen molar-refractivity contribution in [3.63, 3.8) is 0 Å². The summed E-state index contributed by atoms with van der Waals surface area (Å²) in [6.07, 6.45) is -4.31. The third kappa shape index (κ3) is 4.73. The van der Waals surface area contributed by atoms with Gasteiger partial charge in [-0.15, -0.1) is 0 Å². The molecule has 1 aliphatic heterocycles. The van der Waals surface area contributed by atoms with Crippen LogP contribution in [0.5, 0.6) is 11.5 Å². The average Bonchev–Trinajstić information content (AvgIpc) is 3.44. The number of methoxy groups -OCH3 is 1. The zero-order valence-corrected chi connectivity index (χ0v) is 19.5. The number of fused-ring (bicyclic) bond motifs is 1. The second-order valence-corrected chi connectivity index (χ2v) is 8.59. The number of benzene rings is 3. The Morgan fingerprint density at radius 3 is 2.50 bits per heavy atom. The molecule has 0 unspecified atom stereocenters. The second-order valence-electron chi connectivity index (χ2n) is 8.59. The number of carbonyl (C=O) groups is 1. The van der Waals surface area contributed by atoms with Gasteiger partial charge in [0.2, 0.25) is 5.91 Å². The van der Waals surface area contributed by atoms with E-state index in [0.29, 0.717) is 18.9 Å². The molecule has 3 aromatic carbocycles. The maximum Gasteiger partial charge on any atom is 0.416 e. The largest absolute Gasteiger partial charge is 0.497 e. The van der Waals surface area contributed by atoms with Gasteiger partial charge in [-0.1, -0.05) is 18.2 Å². The Bertz CT molecular complexity index is 1380. The third-order valence-electron chi connectivity index (χ3n) is 6.30. The molecule has 4 aromatic rings. The quantitative estimate of drug-likeness (QED) is 0.332. The number of carbonyl (C=O) groups excluding carboxylic acids is 1. The molecule has 2 heterocycles. The molecule has 0 radical (unpaired) electrons. The summed E-state index contributed by atoms with van der Waals surface area (Å²) >= 11 is 0. The van der Waals surface area contributed by atoms with E-state index >= 15 is 0 Å². The molecule has 1 atom stereocenters. The molecule has 0 spiro atoms. The number of halogens is 3. The van der Waals surface area contributed by atoms with E-state index in [9.17, 15) is 18.0 Å². The molecule has 1 amide bonds. The topological polar surface area (TPSA) is 56.6 Å². The summed E-state index contributed by atoms with van der Waals surface area (Å²) in [6.45, 7) is 1.12. The lowest BCUT2D eigenvalue weighted by Crippen LogP contribution is -2.25. The highest BCUT2D eigenvalue weighted by Gasteiger charge is 2.36. The number of rotatable bonds is 7. The van der Waals surface area contributed by atoms with Crippen LogP contribution < -0.4 is 14.4 Å². The van der Waals surface area contributed by atoms with Gasteiger partial charge in [-0.3, -0.25) is 4.79 Å². The van der Waals surface area contributed by atoms with Gasteiger partial charge in [0.15, 0.2) is 0 Å². The molecule has 9 heteroatoms. The number of ether oxygens (including phenoxy) is 2. The number of aromatic nitrogens is 2. The predicted octanol–water partition coefficient (Wildman–Crippen LogP) is 5.66. The molecule has 1 fully saturated rings. The van der Waals surface area contributed by atoms with Crippen molar-refractivity contribution in [2.75, 3.05) is 25.2 Å². The lowest BCUT2D eigenvalue weighted by atomic mass is 10.1. The lowest BCUT2D eigenvalue weighted by Gasteiger charge is -2.19. The van der Waals surface area contributed by atoms with Crippen LogP contribution in [0.3, 0.4) is 0 Å². The van der Waals surface area contributed by atoms with Crippen molar-refractivity contribution >= 4 is 22.6 Å². The Morgan fingerprint density at radius 2 is 1.75 bits per heavy atom. The molecular weight excluding hydrogens is 471 g/mol. The first-order valence-electron chi connectivity index (χ1n) is 11.5. The number of alkyl halides is 3. The van der Waals surface area contributed by atoms with Gasteiger partial charge in [0.05, 0.1) is 30.3 Å². The van der Waals surface area contributed by atoms with Gasteiger partial charge < -0.3 is 18.9 Å². The van der Waals surface area contributed by atoms with Crippen molar-refractivity contribution in [3.8, 4) is 11.5 Å². The van der Waals surface area contributed by atoms with Gasteiger partial charge in [-0.05, 0) is 54.6 Å². The monoisotopic (exact) mass is 495 g/mol. The average molecular weight is 496 g/mol. The molecular formula is C27H24F3N3O3. The van der Waals surface area contributed by atoms with E-state index in [4.69, 9.17) is 14.5 Å². The summed E-state index contributed by atoms with van der Waals surface area (Å²) in [7, 11) is 1.60. The fraction of sp³-hybridized carbons (Fsp3) is 0.259. The van der Waals surface area contributed by atoms with Gasteiger partial charge in [-0.25, -0.2) is 4.98 Å². The van der Waals surface area contributed by atoms with Crippen LogP contribution in [0.4, 0.5) is 18.9 Å². The van der Waals surface area contributed by atoms with Crippen LogP contribution in [-0.2, 0) is 17.5 Å². The Kier molecular flexibility index (Phi) is 6.30. The van der Waals surface area contributed by atoms with Crippen LogP contribution in [-0.4, -0.2) is 35.7 Å². The molecule has 186 valence electrons. The van der Waals surface area contributed by atoms with Crippen LogP contribution in [0.25, 0.3) is 11.0 Å². The van der Waals surface area contributed by atoms with Gasteiger partial charge in [0.1, 0.15) is 23.9 Å². The van der Waals surface area contributed by atoms with Crippen molar-refractivity contribution in [3.05, 3.63) is 84.2 Å². The first-order valence-corrected chi connectivity index (χ1v) is 11.5. The maximum absolute atomic E-state index is 13.2. The first kappa shape index (κ1) is 23.7. The molecule has 36 heavy (non-hydrogen) atoms. The summed E-state index contributed by atoms with van der Waals surface area (Å²) in [5.41, 5.74) is 1.17. The minimum Gasteiger partial charge on any atom is -0.497 e. The Labute approximate surface area is 205 Å². The highest BCUT2D eigenvalue weighted by atomic mass is 19.4. The van der Waals surface area contributed by atoms with E-state index in [-0.39, 0.29) is 30.5 Å². The molecule has 0 N–H and O–H groups in total. The molecule has 0 aliphatic carbocycles. The molecule has 1 aliphatic rings. The number of hydrogen-bond donors (Lipinski definition) is 0.